The highest BCUT2D eigenvalue weighted by molar-refractivity contribution is 5.79. The Hall–Kier alpha value is -3.16. The maximum atomic E-state index is 13.3. The number of ether oxygens (including phenoxy) is 2. The molecule has 1 amide bonds. The van der Waals surface area contributed by atoms with Gasteiger partial charge >= 0.3 is 0 Å². The molecule has 0 saturated heterocycles. The highest BCUT2D eigenvalue weighted by atomic mass is 19.3. The van der Waals surface area contributed by atoms with Gasteiger partial charge in [-0.15, -0.1) is 0 Å². The topological polar surface area (TPSA) is 65.4 Å². The van der Waals surface area contributed by atoms with E-state index in [1.807, 2.05) is 6.07 Å². The second-order valence-corrected chi connectivity index (χ2v) is 6.15. The fourth-order valence-electron chi connectivity index (χ4n) is 3.08. The van der Waals surface area contributed by atoms with E-state index in [0.717, 1.165) is 5.56 Å². The molecule has 1 aromatic carbocycles. The van der Waals surface area contributed by atoms with E-state index in [4.69, 9.17) is 9.47 Å². The van der Waals surface area contributed by atoms with E-state index in [9.17, 15) is 13.6 Å². The fraction of sp³-hybridized carbons (Fsp3) is 0.263. The third-order valence-corrected chi connectivity index (χ3v) is 4.40. The standard InChI is InChI=1S/C19H17F2N3O3/c20-18(21)14-9-13-2-1-6-22-19(13)24(14)7-5-17(25)23-10-12-3-4-15-16(8-12)27-11-26-15/h1-4,6,8-9,18H,5,7,10-11H2,(H,23,25). The van der Waals surface area contributed by atoms with E-state index in [1.165, 1.54) is 10.6 Å². The number of halogens is 2. The number of rotatable bonds is 6. The van der Waals surface area contributed by atoms with Crippen molar-refractivity contribution in [2.24, 2.45) is 0 Å². The lowest BCUT2D eigenvalue weighted by atomic mass is 10.2. The van der Waals surface area contributed by atoms with Crippen LogP contribution in [0.5, 0.6) is 11.5 Å². The third-order valence-electron chi connectivity index (χ3n) is 4.40. The van der Waals surface area contributed by atoms with Crippen LogP contribution in [-0.4, -0.2) is 22.3 Å². The van der Waals surface area contributed by atoms with Crippen LogP contribution in [0.1, 0.15) is 24.1 Å². The molecule has 6 nitrogen and oxygen atoms in total. The summed E-state index contributed by atoms with van der Waals surface area (Å²) in [6.07, 6.45) is -1.01. The van der Waals surface area contributed by atoms with Crippen molar-refractivity contribution in [2.45, 2.75) is 25.9 Å². The molecule has 8 heteroatoms. The minimum atomic E-state index is -2.63. The first-order valence-corrected chi connectivity index (χ1v) is 8.49. The van der Waals surface area contributed by atoms with Crippen LogP contribution in [0.3, 0.4) is 0 Å². The molecule has 3 heterocycles. The second-order valence-electron chi connectivity index (χ2n) is 6.15. The maximum absolute atomic E-state index is 13.3. The number of pyridine rings is 1. The van der Waals surface area contributed by atoms with Gasteiger partial charge in [0.2, 0.25) is 12.7 Å². The van der Waals surface area contributed by atoms with Crippen LogP contribution in [0.25, 0.3) is 11.0 Å². The van der Waals surface area contributed by atoms with Gasteiger partial charge in [0, 0.05) is 31.1 Å². The lowest BCUT2D eigenvalue weighted by molar-refractivity contribution is -0.121. The van der Waals surface area contributed by atoms with E-state index < -0.39 is 6.43 Å². The number of amides is 1. The number of aromatic nitrogens is 2. The molecule has 0 aliphatic carbocycles. The number of alkyl halides is 2. The first-order valence-electron chi connectivity index (χ1n) is 8.49. The summed E-state index contributed by atoms with van der Waals surface area (Å²) in [5, 5.41) is 3.43. The number of carbonyl (C=O) groups is 1. The van der Waals surface area contributed by atoms with Gasteiger partial charge in [0.25, 0.3) is 6.43 Å². The van der Waals surface area contributed by atoms with Gasteiger partial charge < -0.3 is 19.4 Å². The fourth-order valence-corrected chi connectivity index (χ4v) is 3.08. The Morgan fingerprint density at radius 1 is 1.22 bits per heavy atom. The molecule has 1 aliphatic heterocycles. The van der Waals surface area contributed by atoms with Gasteiger partial charge in [-0.3, -0.25) is 4.79 Å². The summed E-state index contributed by atoms with van der Waals surface area (Å²) in [5.74, 6) is 1.09. The number of fused-ring (bicyclic) bond motifs is 2. The maximum Gasteiger partial charge on any atom is 0.278 e. The van der Waals surface area contributed by atoms with Crippen molar-refractivity contribution in [3.05, 3.63) is 53.9 Å². The smallest absolute Gasteiger partial charge is 0.278 e. The Morgan fingerprint density at radius 2 is 2.07 bits per heavy atom. The molecule has 0 bridgehead atoms. The number of nitrogens with zero attached hydrogens (tertiary/aromatic N) is 2. The Labute approximate surface area is 153 Å². The summed E-state index contributed by atoms with van der Waals surface area (Å²) in [7, 11) is 0. The highest BCUT2D eigenvalue weighted by Gasteiger charge is 2.18. The zero-order chi connectivity index (χ0) is 18.8. The van der Waals surface area contributed by atoms with E-state index in [2.05, 4.69) is 10.3 Å². The van der Waals surface area contributed by atoms with Crippen LogP contribution >= 0.6 is 0 Å². The van der Waals surface area contributed by atoms with Crippen molar-refractivity contribution in [2.75, 3.05) is 6.79 Å². The van der Waals surface area contributed by atoms with Crippen molar-refractivity contribution < 1.29 is 23.0 Å². The molecule has 27 heavy (non-hydrogen) atoms. The number of hydrogen-bond donors (Lipinski definition) is 1. The van der Waals surface area contributed by atoms with Crippen LogP contribution in [-0.2, 0) is 17.9 Å². The third kappa shape index (κ3) is 3.55. The van der Waals surface area contributed by atoms with Crippen LogP contribution in [0.4, 0.5) is 8.78 Å². The zero-order valence-electron chi connectivity index (χ0n) is 14.3. The molecule has 140 valence electrons. The minimum absolute atomic E-state index is 0.0740. The van der Waals surface area contributed by atoms with E-state index in [0.29, 0.717) is 29.1 Å². The average Bonchev–Trinajstić information content (AvgIpc) is 3.28. The molecule has 0 atom stereocenters. The van der Waals surface area contributed by atoms with Crippen molar-refractivity contribution in [1.29, 1.82) is 0 Å². The predicted molar refractivity (Wildman–Crippen MR) is 93.7 cm³/mol. The number of aryl methyl sites for hydroxylation is 1. The average molecular weight is 373 g/mol. The Kier molecular flexibility index (Phi) is 4.62. The number of nitrogens with one attached hydrogen (secondary N) is 1. The summed E-state index contributed by atoms with van der Waals surface area (Å²) in [6, 6.07) is 10.3. The molecule has 3 aromatic rings. The van der Waals surface area contributed by atoms with Gasteiger partial charge in [-0.1, -0.05) is 6.07 Å². The van der Waals surface area contributed by atoms with Crippen LogP contribution in [0.2, 0.25) is 0 Å². The normalized spacial score (nSPS) is 12.7. The van der Waals surface area contributed by atoms with Crippen molar-refractivity contribution >= 4 is 16.9 Å². The monoisotopic (exact) mass is 373 g/mol. The van der Waals surface area contributed by atoms with Crippen molar-refractivity contribution in [3.63, 3.8) is 0 Å². The first-order chi connectivity index (χ1) is 13.1. The summed E-state index contributed by atoms with van der Waals surface area (Å²) in [6.45, 7) is 0.644. The lowest BCUT2D eigenvalue weighted by Gasteiger charge is -2.10. The van der Waals surface area contributed by atoms with Gasteiger partial charge in [0.05, 0.1) is 5.69 Å². The quantitative estimate of drug-likeness (QED) is 0.719. The zero-order valence-corrected chi connectivity index (χ0v) is 14.3. The number of carbonyl (C=O) groups excluding carboxylic acids is 1. The molecular weight excluding hydrogens is 356 g/mol. The van der Waals surface area contributed by atoms with Gasteiger partial charge in [0.1, 0.15) is 5.65 Å². The molecule has 1 N–H and O–H groups in total. The van der Waals surface area contributed by atoms with Gasteiger partial charge in [-0.05, 0) is 35.9 Å². The molecule has 0 spiro atoms. The number of hydrogen-bond acceptors (Lipinski definition) is 4. The molecule has 4 rings (SSSR count). The van der Waals surface area contributed by atoms with Crippen LogP contribution < -0.4 is 14.8 Å². The van der Waals surface area contributed by atoms with E-state index in [1.54, 1.807) is 30.5 Å². The summed E-state index contributed by atoms with van der Waals surface area (Å²) in [4.78, 5) is 16.3. The van der Waals surface area contributed by atoms with Gasteiger partial charge in [-0.2, -0.15) is 0 Å². The minimum Gasteiger partial charge on any atom is -0.454 e. The van der Waals surface area contributed by atoms with Crippen molar-refractivity contribution in [3.8, 4) is 11.5 Å². The lowest BCUT2D eigenvalue weighted by Crippen LogP contribution is -2.24. The highest BCUT2D eigenvalue weighted by Crippen LogP contribution is 2.32. The summed E-state index contributed by atoms with van der Waals surface area (Å²) in [5.41, 5.74) is 1.19. The Balaban J connectivity index is 1.39. The van der Waals surface area contributed by atoms with Crippen molar-refractivity contribution in [1.82, 2.24) is 14.9 Å². The Morgan fingerprint density at radius 3 is 2.93 bits per heavy atom. The number of benzene rings is 1. The van der Waals surface area contributed by atoms with Crippen LogP contribution in [0.15, 0.2) is 42.6 Å². The molecule has 0 unspecified atom stereocenters. The van der Waals surface area contributed by atoms with E-state index in [-0.39, 0.29) is 31.4 Å². The van der Waals surface area contributed by atoms with Crippen LogP contribution in [0, 0.1) is 0 Å². The van der Waals surface area contributed by atoms with E-state index >= 15 is 0 Å². The second kappa shape index (κ2) is 7.22. The van der Waals surface area contributed by atoms with Gasteiger partial charge in [0.15, 0.2) is 11.5 Å². The molecule has 0 radical (unpaired) electrons. The Bertz CT molecular complexity index is 987. The summed E-state index contributed by atoms with van der Waals surface area (Å²) >= 11 is 0. The van der Waals surface area contributed by atoms with Gasteiger partial charge in [-0.25, -0.2) is 13.8 Å². The first kappa shape index (κ1) is 17.3. The molecule has 0 saturated carbocycles. The molecule has 0 fully saturated rings. The summed E-state index contributed by atoms with van der Waals surface area (Å²) < 4.78 is 38.5. The largest absolute Gasteiger partial charge is 0.454 e. The molecule has 1 aliphatic rings. The SMILES string of the molecule is O=C(CCn1c(C(F)F)cc2cccnc21)NCc1ccc2c(c1)OCO2. The molecular formula is C19H17F2N3O3. The molecule has 2 aromatic heterocycles. The predicted octanol–water partition coefficient (Wildman–Crippen LogP) is 3.41.